The quantitative estimate of drug-likeness (QED) is 0.488. The molecule has 0 spiro atoms. The lowest BCUT2D eigenvalue weighted by Crippen LogP contribution is -2.29. The first-order valence-corrected chi connectivity index (χ1v) is 11.1. The Morgan fingerprint density at radius 1 is 1.30 bits per heavy atom. The minimum absolute atomic E-state index is 0.121. The molecule has 0 aliphatic rings. The fourth-order valence-electron chi connectivity index (χ4n) is 2.90. The van der Waals surface area contributed by atoms with Gasteiger partial charge in [0.05, 0.1) is 22.8 Å². The second-order valence-corrected chi connectivity index (χ2v) is 8.28. The second-order valence-electron chi connectivity index (χ2n) is 6.63. The zero-order chi connectivity index (χ0) is 22.1. The van der Waals surface area contributed by atoms with E-state index < -0.39 is 22.5 Å². The fourth-order valence-corrected chi connectivity index (χ4v) is 3.78. The van der Waals surface area contributed by atoms with Crippen LogP contribution in [-0.4, -0.2) is 43.2 Å². The number of benzene rings is 2. The molecule has 0 bridgehead atoms. The molecule has 0 saturated carbocycles. The molecular weight excluding hydrogens is 407 g/mol. The Bertz CT molecular complexity index is 897. The van der Waals surface area contributed by atoms with Gasteiger partial charge in [-0.2, -0.15) is 0 Å². The number of hydrogen-bond acceptors (Lipinski definition) is 5. The summed E-state index contributed by atoms with van der Waals surface area (Å²) in [6.45, 7) is 5.59. The van der Waals surface area contributed by atoms with Gasteiger partial charge in [0.1, 0.15) is 11.6 Å². The average molecular weight is 437 g/mol. The molecule has 0 saturated heterocycles. The molecule has 6 nitrogen and oxygen atoms in total. The number of unbranched alkanes of at least 4 members (excludes halogenated alkanes) is 1. The maximum atomic E-state index is 13.7. The van der Waals surface area contributed by atoms with Crippen molar-refractivity contribution < 1.29 is 23.8 Å². The number of aromatic carboxylic acids is 1. The van der Waals surface area contributed by atoms with E-state index in [2.05, 4.69) is 6.92 Å². The van der Waals surface area contributed by atoms with Gasteiger partial charge in [0.25, 0.3) is 0 Å². The van der Waals surface area contributed by atoms with Crippen molar-refractivity contribution in [2.24, 2.45) is 5.14 Å². The molecule has 30 heavy (non-hydrogen) atoms. The number of hydrogen-bond donors (Lipinski definition) is 2. The van der Waals surface area contributed by atoms with E-state index in [9.17, 15) is 14.3 Å². The predicted molar refractivity (Wildman–Crippen MR) is 121 cm³/mol. The molecule has 2 rings (SSSR count). The second kappa shape index (κ2) is 11.7. The van der Waals surface area contributed by atoms with Crippen LogP contribution in [0.25, 0.3) is 0 Å². The molecule has 1 unspecified atom stereocenters. The van der Waals surface area contributed by atoms with Gasteiger partial charge in [-0.3, -0.25) is 5.14 Å². The summed E-state index contributed by atoms with van der Waals surface area (Å²) in [5, 5.41) is 17.7. The number of anilines is 1. The van der Waals surface area contributed by atoms with Gasteiger partial charge in [-0.1, -0.05) is 30.1 Å². The van der Waals surface area contributed by atoms with Gasteiger partial charge in [0.15, 0.2) is 5.75 Å². The van der Waals surface area contributed by atoms with E-state index >= 15 is 0 Å². The van der Waals surface area contributed by atoms with Gasteiger partial charge in [-0.15, -0.1) is 0 Å². The lowest BCUT2D eigenvalue weighted by atomic mass is 10.1. The van der Waals surface area contributed by atoms with Crippen molar-refractivity contribution in [1.82, 2.24) is 0 Å². The van der Waals surface area contributed by atoms with Crippen molar-refractivity contribution in [3.05, 3.63) is 47.8 Å². The predicted octanol–water partition coefficient (Wildman–Crippen LogP) is 4.89. The summed E-state index contributed by atoms with van der Waals surface area (Å²) in [6, 6.07) is 8.94. The van der Waals surface area contributed by atoms with Crippen LogP contribution in [0.1, 0.15) is 37.0 Å². The molecule has 0 heterocycles. The number of rotatable bonds is 11. The molecule has 2 aromatic carbocycles. The molecule has 2 aromatic rings. The zero-order valence-corrected chi connectivity index (χ0v) is 18.4. The Hall–Kier alpha value is -2.42. The number of halogens is 1. The van der Waals surface area contributed by atoms with E-state index in [4.69, 9.17) is 14.6 Å². The minimum Gasteiger partial charge on any atom is -0.478 e. The average Bonchev–Trinajstić information content (AvgIpc) is 2.73. The Morgan fingerprint density at radius 3 is 2.67 bits per heavy atom. The molecule has 0 aromatic heterocycles. The highest BCUT2D eigenvalue weighted by Gasteiger charge is 2.22. The molecule has 0 amide bonds. The summed E-state index contributed by atoms with van der Waals surface area (Å²) in [7, 11) is 0.755. The van der Waals surface area contributed by atoms with E-state index in [1.165, 1.54) is 18.2 Å². The Morgan fingerprint density at radius 2 is 2.07 bits per heavy atom. The highest BCUT2D eigenvalue weighted by Crippen LogP contribution is 2.43. The Kier molecular flexibility index (Phi) is 9.29. The summed E-state index contributed by atoms with van der Waals surface area (Å²) in [6.07, 6.45) is 1.88. The summed E-state index contributed by atoms with van der Waals surface area (Å²) in [5.74, 6) is -0.725. The first-order valence-electron chi connectivity index (χ1n) is 9.76. The van der Waals surface area contributed by atoms with Crippen LogP contribution < -0.4 is 14.8 Å². The van der Waals surface area contributed by atoms with E-state index in [1.54, 1.807) is 30.7 Å². The molecule has 3 N–H and O–H groups in total. The number of nitrogens with zero attached hydrogens (tertiary/aromatic N) is 1. The molecule has 164 valence electrons. The molecule has 0 fully saturated rings. The Labute approximate surface area is 179 Å². The summed E-state index contributed by atoms with van der Waals surface area (Å²) in [5.41, 5.74) is 0.722. The molecule has 0 aliphatic heterocycles. The smallest absolute Gasteiger partial charge is 0.335 e. The zero-order valence-electron chi connectivity index (χ0n) is 17.6. The van der Waals surface area contributed by atoms with Crippen molar-refractivity contribution in [3.63, 3.8) is 0 Å². The number of carboxylic acids is 1. The topological polar surface area (TPSA) is 85.0 Å². The molecule has 0 radical (unpaired) electrons. The number of methoxy groups -OCH3 is 1. The first kappa shape index (κ1) is 23.9. The third-order valence-electron chi connectivity index (χ3n) is 4.49. The van der Waals surface area contributed by atoms with Crippen molar-refractivity contribution >= 4 is 27.7 Å². The maximum absolute atomic E-state index is 13.7. The van der Waals surface area contributed by atoms with E-state index in [1.807, 2.05) is 11.8 Å². The molecule has 1 atom stereocenters. The minimum atomic E-state index is -1.05. The SMILES string of the molecule is C/C=S(\N)c1cc(C(=O)O)cc(N(CCCC)CCOC)c1Oc1cccc(F)c1. The summed E-state index contributed by atoms with van der Waals surface area (Å²) in [4.78, 5) is 14.4. The van der Waals surface area contributed by atoms with Gasteiger partial charge in [0.2, 0.25) is 0 Å². The maximum Gasteiger partial charge on any atom is 0.335 e. The van der Waals surface area contributed by atoms with E-state index in [-0.39, 0.29) is 5.56 Å². The third kappa shape index (κ3) is 6.29. The monoisotopic (exact) mass is 436 g/mol. The van der Waals surface area contributed by atoms with Crippen molar-refractivity contribution in [2.45, 2.75) is 31.6 Å². The molecule has 8 heteroatoms. The highest BCUT2D eigenvalue weighted by atomic mass is 32.2. The summed E-state index contributed by atoms with van der Waals surface area (Å²) < 4.78 is 25.1. The van der Waals surface area contributed by atoms with Crippen LogP contribution in [0.3, 0.4) is 0 Å². The first-order chi connectivity index (χ1) is 14.4. The van der Waals surface area contributed by atoms with Crippen LogP contribution in [0, 0.1) is 5.82 Å². The molecule has 0 aliphatic carbocycles. The van der Waals surface area contributed by atoms with E-state index in [0.717, 1.165) is 12.8 Å². The standard InChI is InChI=1S/C22H29FN2O4S/c1-4-6-10-25(11-12-28-3)19-13-16(22(26)27)14-20(30(24)5-2)21(19)29-18-9-7-8-17(23)15-18/h5,7-9,13-15H,4,6,10-12,24H2,1-3H3,(H,26,27). The van der Waals surface area contributed by atoms with Crippen LogP contribution in [0.15, 0.2) is 41.3 Å². The van der Waals surface area contributed by atoms with Crippen LogP contribution in [0.2, 0.25) is 0 Å². The van der Waals surface area contributed by atoms with Gasteiger partial charge >= 0.3 is 5.97 Å². The lowest BCUT2D eigenvalue weighted by Gasteiger charge is -2.28. The number of carbonyl (C=O) groups is 1. The highest BCUT2D eigenvalue weighted by molar-refractivity contribution is 8.13. The van der Waals surface area contributed by atoms with Gasteiger partial charge in [0, 0.05) is 26.3 Å². The van der Waals surface area contributed by atoms with Gasteiger partial charge in [-0.25, -0.2) is 9.18 Å². The molecular formula is C22H29FN2O4S. The number of nitrogens with two attached hydrogens (primary N) is 1. The van der Waals surface area contributed by atoms with Crippen molar-refractivity contribution in [3.8, 4) is 11.5 Å². The van der Waals surface area contributed by atoms with Gasteiger partial charge < -0.3 is 19.5 Å². The van der Waals surface area contributed by atoms with Crippen LogP contribution in [0.4, 0.5) is 10.1 Å². The number of ether oxygens (including phenoxy) is 2. The van der Waals surface area contributed by atoms with Crippen molar-refractivity contribution in [2.75, 3.05) is 31.7 Å². The number of carboxylic acid groups (broad SMARTS) is 1. The van der Waals surface area contributed by atoms with Crippen LogP contribution in [0.5, 0.6) is 11.5 Å². The van der Waals surface area contributed by atoms with E-state index in [0.29, 0.717) is 41.8 Å². The lowest BCUT2D eigenvalue weighted by molar-refractivity contribution is 0.0696. The van der Waals surface area contributed by atoms with Crippen molar-refractivity contribution in [1.29, 1.82) is 0 Å². The third-order valence-corrected chi connectivity index (χ3v) is 5.81. The fraction of sp³-hybridized carbons (Fsp3) is 0.364. The van der Waals surface area contributed by atoms with Gasteiger partial charge in [-0.05, 0) is 43.0 Å². The normalized spacial score (nSPS) is 12.0. The largest absolute Gasteiger partial charge is 0.478 e. The van der Waals surface area contributed by atoms with Crippen LogP contribution in [-0.2, 0) is 4.74 Å². The summed E-state index contributed by atoms with van der Waals surface area (Å²) >= 11 is 0. The Balaban J connectivity index is 2.70. The van der Waals surface area contributed by atoms with Crippen LogP contribution >= 0.6 is 10.7 Å².